The van der Waals surface area contributed by atoms with E-state index < -0.39 is 0 Å². The monoisotopic (exact) mass is 268 g/mol. The standard InChI is InChI=1S/C16H16N2O2/c1-2-18-13(9-10-17-18)12-20-16-7-4-3-6-14(16)15-8-5-11-19-15/h3-11H,2,12H2,1H3. The Kier molecular flexibility index (Phi) is 3.54. The number of hydrogen-bond acceptors (Lipinski definition) is 3. The highest BCUT2D eigenvalue weighted by atomic mass is 16.5. The largest absolute Gasteiger partial charge is 0.487 e. The van der Waals surface area contributed by atoms with Gasteiger partial charge in [-0.1, -0.05) is 12.1 Å². The van der Waals surface area contributed by atoms with Gasteiger partial charge in [0.25, 0.3) is 0 Å². The van der Waals surface area contributed by atoms with E-state index in [1.807, 2.05) is 47.1 Å². The Morgan fingerprint density at radius 3 is 2.85 bits per heavy atom. The maximum absolute atomic E-state index is 5.93. The van der Waals surface area contributed by atoms with Gasteiger partial charge in [0.05, 0.1) is 17.5 Å². The minimum atomic E-state index is 0.492. The summed E-state index contributed by atoms with van der Waals surface area (Å²) in [5.41, 5.74) is 2.02. The molecule has 3 aromatic rings. The number of ether oxygens (including phenoxy) is 1. The Balaban J connectivity index is 1.81. The molecular weight excluding hydrogens is 252 g/mol. The second kappa shape index (κ2) is 5.65. The smallest absolute Gasteiger partial charge is 0.137 e. The van der Waals surface area contributed by atoms with Gasteiger partial charge in [-0.3, -0.25) is 4.68 Å². The molecule has 4 nitrogen and oxygen atoms in total. The number of aryl methyl sites for hydroxylation is 1. The molecule has 0 N–H and O–H groups in total. The molecule has 0 aliphatic rings. The van der Waals surface area contributed by atoms with Crippen LogP contribution in [-0.4, -0.2) is 9.78 Å². The van der Waals surface area contributed by atoms with Crippen LogP contribution in [0.15, 0.2) is 59.3 Å². The molecule has 0 aliphatic heterocycles. The number of hydrogen-bond donors (Lipinski definition) is 0. The third kappa shape index (κ3) is 2.45. The minimum Gasteiger partial charge on any atom is -0.487 e. The summed E-state index contributed by atoms with van der Waals surface area (Å²) < 4.78 is 13.3. The molecule has 0 aliphatic carbocycles. The molecule has 2 aromatic heterocycles. The second-order valence-corrected chi connectivity index (χ2v) is 4.40. The van der Waals surface area contributed by atoms with Crippen LogP contribution in [0.5, 0.6) is 5.75 Å². The van der Waals surface area contributed by atoms with Crippen molar-refractivity contribution in [1.82, 2.24) is 9.78 Å². The van der Waals surface area contributed by atoms with Gasteiger partial charge in [-0.05, 0) is 37.3 Å². The summed E-state index contributed by atoms with van der Waals surface area (Å²) in [7, 11) is 0. The summed E-state index contributed by atoms with van der Waals surface area (Å²) in [4.78, 5) is 0. The number of nitrogens with zero attached hydrogens (tertiary/aromatic N) is 2. The molecule has 4 heteroatoms. The summed E-state index contributed by atoms with van der Waals surface area (Å²) in [6.07, 6.45) is 3.46. The molecule has 3 rings (SSSR count). The zero-order valence-corrected chi connectivity index (χ0v) is 11.3. The van der Waals surface area contributed by atoms with Crippen molar-refractivity contribution in [3.8, 4) is 17.1 Å². The predicted molar refractivity (Wildman–Crippen MR) is 76.4 cm³/mol. The maximum Gasteiger partial charge on any atom is 0.137 e. The lowest BCUT2D eigenvalue weighted by Crippen LogP contribution is -2.06. The molecule has 0 radical (unpaired) electrons. The van der Waals surface area contributed by atoms with Crippen molar-refractivity contribution < 1.29 is 9.15 Å². The third-order valence-electron chi connectivity index (χ3n) is 3.15. The molecule has 0 bridgehead atoms. The van der Waals surface area contributed by atoms with E-state index in [0.29, 0.717) is 6.61 Å². The number of furan rings is 1. The zero-order valence-electron chi connectivity index (χ0n) is 11.3. The fraction of sp³-hybridized carbons (Fsp3) is 0.188. The topological polar surface area (TPSA) is 40.2 Å². The highest BCUT2D eigenvalue weighted by Crippen LogP contribution is 2.30. The summed E-state index contributed by atoms with van der Waals surface area (Å²) in [5.74, 6) is 1.62. The Labute approximate surface area is 117 Å². The van der Waals surface area contributed by atoms with Crippen molar-refractivity contribution >= 4 is 0 Å². The van der Waals surface area contributed by atoms with Crippen LogP contribution < -0.4 is 4.74 Å². The van der Waals surface area contributed by atoms with Crippen molar-refractivity contribution in [2.75, 3.05) is 0 Å². The molecule has 0 amide bonds. The highest BCUT2D eigenvalue weighted by Gasteiger charge is 2.09. The van der Waals surface area contributed by atoms with E-state index in [0.717, 1.165) is 29.3 Å². The van der Waals surface area contributed by atoms with Crippen molar-refractivity contribution in [1.29, 1.82) is 0 Å². The van der Waals surface area contributed by atoms with E-state index in [4.69, 9.17) is 9.15 Å². The average Bonchev–Trinajstić information content (AvgIpc) is 3.16. The molecular formula is C16H16N2O2. The first-order chi connectivity index (χ1) is 9.88. The first-order valence-corrected chi connectivity index (χ1v) is 6.65. The van der Waals surface area contributed by atoms with Gasteiger partial charge in [-0.15, -0.1) is 0 Å². The van der Waals surface area contributed by atoms with Crippen molar-refractivity contribution in [3.63, 3.8) is 0 Å². The Bertz CT molecular complexity index is 671. The van der Waals surface area contributed by atoms with Crippen LogP contribution in [0.1, 0.15) is 12.6 Å². The van der Waals surface area contributed by atoms with Gasteiger partial charge in [-0.2, -0.15) is 5.10 Å². The van der Waals surface area contributed by atoms with Gasteiger partial charge < -0.3 is 9.15 Å². The number of benzene rings is 1. The molecule has 2 heterocycles. The van der Waals surface area contributed by atoms with E-state index >= 15 is 0 Å². The molecule has 0 spiro atoms. The predicted octanol–water partition coefficient (Wildman–Crippen LogP) is 3.74. The van der Waals surface area contributed by atoms with E-state index in [2.05, 4.69) is 12.0 Å². The lowest BCUT2D eigenvalue weighted by molar-refractivity contribution is 0.293. The summed E-state index contributed by atoms with van der Waals surface area (Å²) in [6, 6.07) is 13.6. The SMILES string of the molecule is CCn1nccc1COc1ccccc1-c1ccco1. The van der Waals surface area contributed by atoms with Gasteiger partial charge >= 0.3 is 0 Å². The van der Waals surface area contributed by atoms with Crippen LogP contribution in [0.2, 0.25) is 0 Å². The van der Waals surface area contributed by atoms with Gasteiger partial charge in [-0.25, -0.2) is 0 Å². The molecule has 0 saturated carbocycles. The van der Waals surface area contributed by atoms with Crippen LogP contribution in [0.4, 0.5) is 0 Å². The summed E-state index contributed by atoms with van der Waals surface area (Å²) in [5, 5.41) is 4.24. The van der Waals surface area contributed by atoms with Crippen molar-refractivity contribution in [3.05, 3.63) is 60.6 Å². The lowest BCUT2D eigenvalue weighted by Gasteiger charge is -2.10. The van der Waals surface area contributed by atoms with Crippen LogP contribution >= 0.6 is 0 Å². The Morgan fingerprint density at radius 1 is 1.15 bits per heavy atom. The third-order valence-corrected chi connectivity index (χ3v) is 3.15. The van der Waals surface area contributed by atoms with Gasteiger partial charge in [0, 0.05) is 12.7 Å². The van der Waals surface area contributed by atoms with Crippen LogP contribution in [0.3, 0.4) is 0 Å². The lowest BCUT2D eigenvalue weighted by atomic mass is 10.1. The first-order valence-electron chi connectivity index (χ1n) is 6.65. The van der Waals surface area contributed by atoms with Crippen LogP contribution in [0.25, 0.3) is 11.3 Å². The fourth-order valence-corrected chi connectivity index (χ4v) is 2.15. The van der Waals surface area contributed by atoms with E-state index in [-0.39, 0.29) is 0 Å². The molecule has 0 unspecified atom stereocenters. The van der Waals surface area contributed by atoms with Crippen LogP contribution in [0, 0.1) is 0 Å². The number of aromatic nitrogens is 2. The molecule has 102 valence electrons. The van der Waals surface area contributed by atoms with Gasteiger partial charge in [0.2, 0.25) is 0 Å². The van der Waals surface area contributed by atoms with E-state index in [9.17, 15) is 0 Å². The van der Waals surface area contributed by atoms with Crippen LogP contribution in [-0.2, 0) is 13.2 Å². The summed E-state index contributed by atoms with van der Waals surface area (Å²) in [6.45, 7) is 3.39. The molecule has 0 atom stereocenters. The van der Waals surface area contributed by atoms with Crippen molar-refractivity contribution in [2.24, 2.45) is 0 Å². The minimum absolute atomic E-state index is 0.492. The zero-order chi connectivity index (χ0) is 13.8. The van der Waals surface area contributed by atoms with E-state index in [1.54, 1.807) is 12.5 Å². The first kappa shape index (κ1) is 12.5. The highest BCUT2D eigenvalue weighted by molar-refractivity contribution is 5.65. The molecule has 0 fully saturated rings. The fourth-order valence-electron chi connectivity index (χ4n) is 2.15. The molecule has 0 saturated heterocycles. The quantitative estimate of drug-likeness (QED) is 0.707. The summed E-state index contributed by atoms with van der Waals surface area (Å²) >= 11 is 0. The van der Waals surface area contributed by atoms with Gasteiger partial charge in [0.1, 0.15) is 18.1 Å². The van der Waals surface area contributed by atoms with Gasteiger partial charge in [0.15, 0.2) is 0 Å². The Hall–Kier alpha value is -2.49. The average molecular weight is 268 g/mol. The second-order valence-electron chi connectivity index (χ2n) is 4.40. The maximum atomic E-state index is 5.93. The normalized spacial score (nSPS) is 10.7. The molecule has 1 aromatic carbocycles. The van der Waals surface area contributed by atoms with E-state index in [1.165, 1.54) is 0 Å². The van der Waals surface area contributed by atoms with Crippen molar-refractivity contribution in [2.45, 2.75) is 20.1 Å². The number of para-hydroxylation sites is 1. The molecule has 20 heavy (non-hydrogen) atoms. The Morgan fingerprint density at radius 2 is 2.05 bits per heavy atom. The number of rotatable bonds is 5.